The summed E-state index contributed by atoms with van der Waals surface area (Å²) < 4.78 is 4.89. The van der Waals surface area contributed by atoms with E-state index in [9.17, 15) is 9.59 Å². The Morgan fingerprint density at radius 1 is 1.22 bits per heavy atom. The fourth-order valence-corrected chi connectivity index (χ4v) is 1.87. The summed E-state index contributed by atoms with van der Waals surface area (Å²) in [5.74, 6) is -0.0696. The third-order valence-corrected chi connectivity index (χ3v) is 2.95. The van der Waals surface area contributed by atoms with E-state index in [-0.39, 0.29) is 11.8 Å². The second kappa shape index (κ2) is 7.93. The van der Waals surface area contributed by atoms with E-state index in [1.807, 2.05) is 13.8 Å². The molecule has 2 rings (SSSR count). The highest BCUT2D eigenvalue weighted by Crippen LogP contribution is 2.11. The number of nitrogens with zero attached hydrogens (tertiary/aromatic N) is 1. The molecule has 6 heteroatoms. The summed E-state index contributed by atoms with van der Waals surface area (Å²) >= 11 is 0. The average Bonchev–Trinajstić information content (AvgIpc) is 3.00. The first-order valence-electron chi connectivity index (χ1n) is 7.30. The Balaban J connectivity index is 1.88. The van der Waals surface area contributed by atoms with E-state index >= 15 is 0 Å². The minimum atomic E-state index is -0.329. The molecule has 120 valence electrons. The molecule has 0 atom stereocenters. The molecule has 0 aliphatic carbocycles. The topological polar surface area (TPSA) is 83.7 Å². The summed E-state index contributed by atoms with van der Waals surface area (Å²) in [4.78, 5) is 23.6. The third kappa shape index (κ3) is 5.43. The van der Waals surface area contributed by atoms with Crippen LogP contribution in [0.1, 0.15) is 36.2 Å². The van der Waals surface area contributed by atoms with Gasteiger partial charge < -0.3 is 9.73 Å². The molecular formula is C17H19N3O3. The van der Waals surface area contributed by atoms with E-state index in [2.05, 4.69) is 15.8 Å². The van der Waals surface area contributed by atoms with Crippen LogP contribution in [0.2, 0.25) is 0 Å². The summed E-state index contributed by atoms with van der Waals surface area (Å²) in [5, 5.41) is 6.63. The normalized spacial score (nSPS) is 10.9. The molecule has 0 unspecified atom stereocenters. The van der Waals surface area contributed by atoms with Gasteiger partial charge in [0.15, 0.2) is 0 Å². The van der Waals surface area contributed by atoms with Gasteiger partial charge in [-0.25, -0.2) is 5.43 Å². The monoisotopic (exact) mass is 313 g/mol. The van der Waals surface area contributed by atoms with Gasteiger partial charge in [-0.15, -0.1) is 0 Å². The van der Waals surface area contributed by atoms with Gasteiger partial charge in [-0.1, -0.05) is 13.8 Å². The van der Waals surface area contributed by atoms with Crippen LogP contribution in [0.5, 0.6) is 0 Å². The van der Waals surface area contributed by atoms with Gasteiger partial charge in [-0.2, -0.15) is 5.10 Å². The minimum Gasteiger partial charge on any atom is -0.472 e. The van der Waals surface area contributed by atoms with Crippen molar-refractivity contribution in [1.29, 1.82) is 0 Å². The number of hydrogen-bond acceptors (Lipinski definition) is 4. The van der Waals surface area contributed by atoms with E-state index in [0.717, 1.165) is 5.56 Å². The number of carbonyl (C=O) groups is 2. The van der Waals surface area contributed by atoms with E-state index < -0.39 is 0 Å². The highest BCUT2D eigenvalue weighted by Gasteiger charge is 2.07. The summed E-state index contributed by atoms with van der Waals surface area (Å²) in [7, 11) is 0. The van der Waals surface area contributed by atoms with Crippen LogP contribution in [-0.4, -0.2) is 18.0 Å². The second-order valence-electron chi connectivity index (χ2n) is 5.48. The highest BCUT2D eigenvalue weighted by atomic mass is 16.3. The Labute approximate surface area is 134 Å². The predicted molar refractivity (Wildman–Crippen MR) is 88.3 cm³/mol. The molecule has 0 aliphatic rings. The van der Waals surface area contributed by atoms with Gasteiger partial charge in [0.05, 0.1) is 18.7 Å². The van der Waals surface area contributed by atoms with Crippen molar-refractivity contribution < 1.29 is 14.0 Å². The van der Waals surface area contributed by atoms with E-state index in [1.165, 1.54) is 18.7 Å². The summed E-state index contributed by atoms with van der Waals surface area (Å²) in [6, 6.07) is 8.37. The first-order chi connectivity index (χ1) is 11.0. The molecule has 1 aromatic carbocycles. The van der Waals surface area contributed by atoms with Crippen LogP contribution in [0.15, 0.2) is 52.4 Å². The standard InChI is InChI=1S/C17H19N3O3/c1-12(2)9-16(21)19-15-5-3-14(4-6-15)17(22)20-18-10-13-7-8-23-11-13/h3-8,10-12H,9H2,1-2H3,(H,19,21)(H,20,22)/b18-10+. The van der Waals surface area contributed by atoms with Crippen molar-refractivity contribution in [1.82, 2.24) is 5.43 Å². The lowest BCUT2D eigenvalue weighted by molar-refractivity contribution is -0.116. The molecule has 0 fully saturated rings. The lowest BCUT2D eigenvalue weighted by Gasteiger charge is -2.07. The third-order valence-electron chi connectivity index (χ3n) is 2.95. The Morgan fingerprint density at radius 3 is 2.57 bits per heavy atom. The lowest BCUT2D eigenvalue weighted by atomic mass is 10.1. The molecule has 1 aromatic heterocycles. The van der Waals surface area contributed by atoms with E-state index in [1.54, 1.807) is 30.3 Å². The molecule has 0 bridgehead atoms. The van der Waals surface area contributed by atoms with Crippen LogP contribution in [0, 0.1) is 5.92 Å². The predicted octanol–water partition coefficient (Wildman–Crippen LogP) is 3.03. The molecule has 2 aromatic rings. The molecule has 2 amide bonds. The Bertz CT molecular complexity index is 674. The fourth-order valence-electron chi connectivity index (χ4n) is 1.87. The molecule has 6 nitrogen and oxygen atoms in total. The Morgan fingerprint density at radius 2 is 1.96 bits per heavy atom. The van der Waals surface area contributed by atoms with Crippen molar-refractivity contribution >= 4 is 23.7 Å². The molecule has 2 N–H and O–H groups in total. The second-order valence-corrected chi connectivity index (χ2v) is 5.48. The van der Waals surface area contributed by atoms with Crippen LogP contribution >= 0.6 is 0 Å². The van der Waals surface area contributed by atoms with E-state index in [0.29, 0.717) is 23.6 Å². The van der Waals surface area contributed by atoms with E-state index in [4.69, 9.17) is 4.42 Å². The zero-order chi connectivity index (χ0) is 16.7. The van der Waals surface area contributed by atoms with Crippen LogP contribution in [0.25, 0.3) is 0 Å². The smallest absolute Gasteiger partial charge is 0.271 e. The van der Waals surface area contributed by atoms with Crippen molar-refractivity contribution in [3.8, 4) is 0 Å². The van der Waals surface area contributed by atoms with Crippen LogP contribution in [0.4, 0.5) is 5.69 Å². The summed E-state index contributed by atoms with van der Waals surface area (Å²) in [5.41, 5.74) is 4.30. The summed E-state index contributed by atoms with van der Waals surface area (Å²) in [6.45, 7) is 3.97. The SMILES string of the molecule is CC(C)CC(=O)Nc1ccc(C(=O)N/N=C/c2ccoc2)cc1. The number of hydrogen-bond donors (Lipinski definition) is 2. The number of furan rings is 1. The number of rotatable bonds is 6. The first-order valence-corrected chi connectivity index (χ1v) is 7.30. The van der Waals surface area contributed by atoms with Crippen molar-refractivity contribution in [3.05, 3.63) is 54.0 Å². The molecule has 23 heavy (non-hydrogen) atoms. The number of hydrazone groups is 1. The molecule has 0 radical (unpaired) electrons. The van der Waals surface area contributed by atoms with Gasteiger partial charge in [0.1, 0.15) is 0 Å². The number of benzene rings is 1. The maximum atomic E-state index is 11.9. The zero-order valence-corrected chi connectivity index (χ0v) is 13.1. The van der Waals surface area contributed by atoms with Gasteiger partial charge in [0.25, 0.3) is 5.91 Å². The maximum absolute atomic E-state index is 11.9. The minimum absolute atomic E-state index is 0.0399. The molecule has 0 spiro atoms. The summed E-state index contributed by atoms with van der Waals surface area (Å²) in [6.07, 6.45) is 4.99. The number of nitrogens with one attached hydrogen (secondary N) is 2. The average molecular weight is 313 g/mol. The number of amides is 2. The molecule has 0 saturated heterocycles. The van der Waals surface area contributed by atoms with Gasteiger partial charge in [-0.05, 0) is 36.2 Å². The van der Waals surface area contributed by atoms with Crippen molar-refractivity contribution in [3.63, 3.8) is 0 Å². The molecular weight excluding hydrogens is 294 g/mol. The van der Waals surface area contributed by atoms with Gasteiger partial charge >= 0.3 is 0 Å². The molecule has 0 aliphatic heterocycles. The quantitative estimate of drug-likeness (QED) is 0.635. The van der Waals surface area contributed by atoms with Crippen LogP contribution in [-0.2, 0) is 4.79 Å². The molecule has 1 heterocycles. The first kappa shape index (κ1) is 16.5. The van der Waals surface area contributed by atoms with Gasteiger partial charge in [0, 0.05) is 23.2 Å². The lowest BCUT2D eigenvalue weighted by Crippen LogP contribution is -2.18. The van der Waals surface area contributed by atoms with Crippen molar-refractivity contribution in [2.45, 2.75) is 20.3 Å². The number of anilines is 1. The molecule has 0 saturated carbocycles. The van der Waals surface area contributed by atoms with Crippen molar-refractivity contribution in [2.24, 2.45) is 11.0 Å². The number of carbonyl (C=O) groups excluding carboxylic acids is 2. The highest BCUT2D eigenvalue weighted by molar-refractivity contribution is 5.96. The zero-order valence-electron chi connectivity index (χ0n) is 13.1. The Hall–Kier alpha value is -2.89. The van der Waals surface area contributed by atoms with Gasteiger partial charge in [0.2, 0.25) is 5.91 Å². The van der Waals surface area contributed by atoms with Crippen molar-refractivity contribution in [2.75, 3.05) is 5.32 Å². The van der Waals surface area contributed by atoms with Crippen LogP contribution < -0.4 is 10.7 Å². The fraction of sp³-hybridized carbons (Fsp3) is 0.235. The van der Waals surface area contributed by atoms with Crippen LogP contribution in [0.3, 0.4) is 0 Å². The maximum Gasteiger partial charge on any atom is 0.271 e. The Kier molecular flexibility index (Phi) is 5.68. The van der Waals surface area contributed by atoms with Gasteiger partial charge in [-0.3, -0.25) is 9.59 Å². The largest absolute Gasteiger partial charge is 0.472 e.